The van der Waals surface area contributed by atoms with E-state index in [9.17, 15) is 14.9 Å². The lowest BCUT2D eigenvalue weighted by molar-refractivity contribution is -0.384. The standard InChI is InChI=1S/C18H15ClN4O4S/c19-14-9-8-12(11-15(14)23(25)26)17(24)20-18-22-21-16(28-18)7-4-10-27-13-5-2-1-3-6-13/h1-3,5-6,8-9,11H,4,7,10H2,(H,20,22,24). The molecule has 1 amide bonds. The van der Waals surface area contributed by atoms with Crippen LogP contribution in [0.15, 0.2) is 48.5 Å². The third-order valence-corrected chi connectivity index (χ3v) is 4.86. The van der Waals surface area contributed by atoms with E-state index >= 15 is 0 Å². The van der Waals surface area contributed by atoms with E-state index < -0.39 is 10.8 Å². The first-order valence-electron chi connectivity index (χ1n) is 8.28. The number of aromatic nitrogens is 2. The van der Waals surface area contributed by atoms with Gasteiger partial charge in [-0.25, -0.2) is 0 Å². The maximum Gasteiger partial charge on any atom is 0.288 e. The Kier molecular flexibility index (Phi) is 6.51. The zero-order valence-corrected chi connectivity index (χ0v) is 16.1. The van der Waals surface area contributed by atoms with Crippen molar-refractivity contribution in [1.29, 1.82) is 0 Å². The summed E-state index contributed by atoms with van der Waals surface area (Å²) in [4.78, 5) is 22.6. The van der Waals surface area contributed by atoms with Crippen molar-refractivity contribution in [2.24, 2.45) is 0 Å². The highest BCUT2D eigenvalue weighted by Gasteiger charge is 2.17. The number of carbonyl (C=O) groups excluding carboxylic acids is 1. The number of carbonyl (C=O) groups is 1. The van der Waals surface area contributed by atoms with Crippen molar-refractivity contribution < 1.29 is 14.5 Å². The molecule has 1 heterocycles. The molecule has 0 aliphatic carbocycles. The van der Waals surface area contributed by atoms with Crippen molar-refractivity contribution in [3.63, 3.8) is 0 Å². The molecule has 0 radical (unpaired) electrons. The fourth-order valence-electron chi connectivity index (χ4n) is 2.30. The minimum Gasteiger partial charge on any atom is -0.494 e. The normalized spacial score (nSPS) is 10.5. The van der Waals surface area contributed by atoms with Crippen molar-refractivity contribution in [1.82, 2.24) is 10.2 Å². The molecule has 2 aromatic carbocycles. The first-order valence-corrected chi connectivity index (χ1v) is 9.48. The maximum atomic E-state index is 12.3. The van der Waals surface area contributed by atoms with Crippen molar-refractivity contribution in [3.05, 3.63) is 74.2 Å². The Labute approximate surface area is 169 Å². The van der Waals surface area contributed by atoms with Gasteiger partial charge in [-0.2, -0.15) is 0 Å². The van der Waals surface area contributed by atoms with Crippen LogP contribution in [-0.4, -0.2) is 27.6 Å². The molecular weight excluding hydrogens is 404 g/mol. The number of nitrogens with one attached hydrogen (secondary N) is 1. The molecule has 144 valence electrons. The quantitative estimate of drug-likeness (QED) is 0.330. The van der Waals surface area contributed by atoms with Crippen molar-refractivity contribution >= 4 is 39.7 Å². The molecule has 0 aliphatic heterocycles. The fraction of sp³-hybridized carbons (Fsp3) is 0.167. The smallest absolute Gasteiger partial charge is 0.288 e. The lowest BCUT2D eigenvalue weighted by Crippen LogP contribution is -2.12. The third kappa shape index (κ3) is 5.24. The minimum absolute atomic E-state index is 0.0301. The zero-order chi connectivity index (χ0) is 19.9. The molecule has 3 rings (SSSR count). The molecular formula is C18H15ClN4O4S. The molecule has 0 saturated heterocycles. The van der Waals surface area contributed by atoms with Gasteiger partial charge in [-0.1, -0.05) is 41.1 Å². The predicted octanol–water partition coefficient (Wildman–Crippen LogP) is 4.36. The lowest BCUT2D eigenvalue weighted by Gasteiger charge is -2.04. The monoisotopic (exact) mass is 418 g/mol. The summed E-state index contributed by atoms with van der Waals surface area (Å²) in [5.74, 6) is 0.291. The molecule has 0 saturated carbocycles. The van der Waals surface area contributed by atoms with E-state index in [-0.39, 0.29) is 16.3 Å². The molecule has 0 bridgehead atoms. The van der Waals surface area contributed by atoms with E-state index in [1.807, 2.05) is 30.3 Å². The number of aryl methyl sites for hydroxylation is 1. The van der Waals surface area contributed by atoms with Gasteiger partial charge in [0.2, 0.25) is 5.13 Å². The number of hydrogen-bond acceptors (Lipinski definition) is 7. The summed E-state index contributed by atoms with van der Waals surface area (Å²) in [6.45, 7) is 0.541. The van der Waals surface area contributed by atoms with Crippen molar-refractivity contribution in [2.75, 3.05) is 11.9 Å². The Morgan fingerprint density at radius 2 is 2.00 bits per heavy atom. The summed E-state index contributed by atoms with van der Waals surface area (Å²) in [6, 6.07) is 13.4. The van der Waals surface area contributed by atoms with Crippen LogP contribution in [0.3, 0.4) is 0 Å². The number of nitro groups is 1. The highest BCUT2D eigenvalue weighted by molar-refractivity contribution is 7.15. The van der Waals surface area contributed by atoms with Gasteiger partial charge in [0.1, 0.15) is 15.8 Å². The summed E-state index contributed by atoms with van der Waals surface area (Å²) < 4.78 is 5.62. The lowest BCUT2D eigenvalue weighted by atomic mass is 10.2. The number of amides is 1. The first-order chi connectivity index (χ1) is 13.5. The molecule has 0 unspecified atom stereocenters. The Morgan fingerprint density at radius 1 is 1.21 bits per heavy atom. The molecule has 1 N–H and O–H groups in total. The molecule has 3 aromatic rings. The molecule has 10 heteroatoms. The fourth-order valence-corrected chi connectivity index (χ4v) is 3.26. The summed E-state index contributed by atoms with van der Waals surface area (Å²) in [6.07, 6.45) is 1.41. The van der Waals surface area contributed by atoms with Crippen molar-refractivity contribution in [2.45, 2.75) is 12.8 Å². The van der Waals surface area contributed by atoms with Crippen LogP contribution < -0.4 is 10.1 Å². The molecule has 8 nitrogen and oxygen atoms in total. The SMILES string of the molecule is O=C(Nc1nnc(CCCOc2ccccc2)s1)c1ccc(Cl)c([N+](=O)[O-])c1. The molecule has 0 fully saturated rings. The van der Waals surface area contributed by atoms with E-state index in [0.29, 0.717) is 18.2 Å². The van der Waals surface area contributed by atoms with Gasteiger partial charge in [0, 0.05) is 18.1 Å². The summed E-state index contributed by atoms with van der Waals surface area (Å²) in [7, 11) is 0. The van der Waals surface area contributed by atoms with Gasteiger partial charge in [0.05, 0.1) is 11.5 Å². The third-order valence-electron chi connectivity index (χ3n) is 3.64. The van der Waals surface area contributed by atoms with Gasteiger partial charge in [-0.15, -0.1) is 10.2 Å². The van der Waals surface area contributed by atoms with E-state index in [0.717, 1.165) is 23.2 Å². The van der Waals surface area contributed by atoms with E-state index in [1.165, 1.54) is 23.5 Å². The minimum atomic E-state index is -0.639. The van der Waals surface area contributed by atoms with Gasteiger partial charge in [-0.3, -0.25) is 20.2 Å². The van der Waals surface area contributed by atoms with E-state index in [4.69, 9.17) is 16.3 Å². The summed E-state index contributed by atoms with van der Waals surface area (Å²) >= 11 is 7.00. The van der Waals surface area contributed by atoms with Crippen LogP contribution in [0.4, 0.5) is 10.8 Å². The first kappa shape index (κ1) is 19.7. The molecule has 1 aromatic heterocycles. The van der Waals surface area contributed by atoms with Gasteiger partial charge >= 0.3 is 0 Å². The molecule has 0 spiro atoms. The number of ether oxygens (including phenoxy) is 1. The second-order valence-electron chi connectivity index (χ2n) is 5.64. The van der Waals surface area contributed by atoms with Crippen LogP contribution in [0, 0.1) is 10.1 Å². The van der Waals surface area contributed by atoms with Gasteiger partial charge < -0.3 is 4.74 Å². The van der Waals surface area contributed by atoms with Crippen LogP contribution in [0.5, 0.6) is 5.75 Å². The predicted molar refractivity (Wildman–Crippen MR) is 106 cm³/mol. The number of para-hydroxylation sites is 1. The Balaban J connectivity index is 1.52. The summed E-state index contributed by atoms with van der Waals surface area (Å²) in [5, 5.41) is 22.5. The van der Waals surface area contributed by atoms with E-state index in [1.54, 1.807) is 0 Å². The number of nitro benzene ring substituents is 1. The molecule has 0 aliphatic rings. The van der Waals surface area contributed by atoms with Gasteiger partial charge in [0.25, 0.3) is 11.6 Å². The number of halogens is 1. The summed E-state index contributed by atoms with van der Waals surface area (Å²) in [5.41, 5.74) is -0.213. The number of anilines is 1. The average molecular weight is 419 g/mol. The van der Waals surface area contributed by atoms with E-state index in [2.05, 4.69) is 15.5 Å². The topological polar surface area (TPSA) is 107 Å². The Morgan fingerprint density at radius 3 is 2.75 bits per heavy atom. The zero-order valence-electron chi connectivity index (χ0n) is 14.5. The molecule has 0 atom stereocenters. The Bertz CT molecular complexity index is 981. The maximum absolute atomic E-state index is 12.3. The second-order valence-corrected chi connectivity index (χ2v) is 7.11. The van der Waals surface area contributed by atoms with Crippen LogP contribution in [0.25, 0.3) is 0 Å². The van der Waals surface area contributed by atoms with Gasteiger partial charge in [0.15, 0.2) is 0 Å². The highest BCUT2D eigenvalue weighted by Crippen LogP contribution is 2.26. The highest BCUT2D eigenvalue weighted by atomic mass is 35.5. The number of nitrogens with zero attached hydrogens (tertiary/aromatic N) is 3. The average Bonchev–Trinajstić information content (AvgIpc) is 3.13. The van der Waals surface area contributed by atoms with Crippen LogP contribution in [0.2, 0.25) is 5.02 Å². The van der Waals surface area contributed by atoms with Gasteiger partial charge in [-0.05, 0) is 30.7 Å². The number of benzene rings is 2. The van der Waals surface area contributed by atoms with Crippen LogP contribution in [0.1, 0.15) is 21.8 Å². The Hall–Kier alpha value is -3.04. The van der Waals surface area contributed by atoms with Crippen LogP contribution >= 0.6 is 22.9 Å². The number of hydrogen-bond donors (Lipinski definition) is 1. The second kappa shape index (κ2) is 9.25. The number of rotatable bonds is 8. The molecule has 28 heavy (non-hydrogen) atoms. The largest absolute Gasteiger partial charge is 0.494 e. The van der Waals surface area contributed by atoms with Crippen LogP contribution in [-0.2, 0) is 6.42 Å². The van der Waals surface area contributed by atoms with Crippen molar-refractivity contribution in [3.8, 4) is 5.75 Å².